The Hall–Kier alpha value is -3.99. The van der Waals surface area contributed by atoms with Crippen molar-refractivity contribution in [3.05, 3.63) is 74.6 Å². The van der Waals surface area contributed by atoms with Crippen molar-refractivity contribution >= 4 is 40.2 Å². The summed E-state index contributed by atoms with van der Waals surface area (Å²) < 4.78 is 0.923. The minimum Gasteiger partial charge on any atom is -0.374 e. The third kappa shape index (κ3) is 4.14. The Morgan fingerprint density at radius 1 is 1.21 bits per heavy atom. The molecule has 0 bridgehead atoms. The van der Waals surface area contributed by atoms with Crippen LogP contribution < -0.4 is 11.3 Å². The van der Waals surface area contributed by atoms with E-state index in [0.717, 1.165) is 4.68 Å². The van der Waals surface area contributed by atoms with Gasteiger partial charge in [-0.05, 0) is 43.4 Å². The number of thiocarbonyl (C=S) groups is 1. The van der Waals surface area contributed by atoms with Crippen LogP contribution in [0.15, 0.2) is 63.6 Å². The molecule has 146 valence electrons. The van der Waals surface area contributed by atoms with Crippen LogP contribution in [0.1, 0.15) is 17.3 Å². The molecule has 29 heavy (non-hydrogen) atoms. The van der Waals surface area contributed by atoms with Crippen LogP contribution in [0.4, 0.5) is 17.1 Å². The smallest absolute Gasteiger partial charge is 0.301 e. The molecule has 0 fully saturated rings. The molecule has 2 aromatic carbocycles. The maximum Gasteiger partial charge on any atom is 0.301 e. The highest BCUT2D eigenvalue weighted by atomic mass is 32.1. The van der Waals surface area contributed by atoms with Crippen molar-refractivity contribution in [1.82, 2.24) is 9.78 Å². The lowest BCUT2D eigenvalue weighted by atomic mass is 10.1. The Morgan fingerprint density at radius 2 is 1.90 bits per heavy atom. The van der Waals surface area contributed by atoms with Gasteiger partial charge in [-0.15, -0.1) is 5.11 Å². The maximum absolute atomic E-state index is 12.6. The molecule has 0 aliphatic carbocycles. The number of nitrogens with zero attached hydrogens (tertiary/aromatic N) is 4. The Kier molecular flexibility index (Phi) is 5.41. The van der Waals surface area contributed by atoms with Gasteiger partial charge in [0.2, 0.25) is 0 Å². The summed E-state index contributed by atoms with van der Waals surface area (Å²) in [4.78, 5) is 34.5. The molecule has 0 amide bonds. The lowest BCUT2D eigenvalue weighted by Crippen LogP contribution is -2.29. The fraction of sp³-hybridized carbons (Fsp3) is 0.0556. The van der Waals surface area contributed by atoms with Gasteiger partial charge < -0.3 is 5.73 Å². The summed E-state index contributed by atoms with van der Waals surface area (Å²) in [5.74, 6) is -0.133. The number of hydrogen-bond donors (Lipinski definition) is 2. The van der Waals surface area contributed by atoms with Crippen LogP contribution in [0.2, 0.25) is 0 Å². The van der Waals surface area contributed by atoms with Gasteiger partial charge in [0.1, 0.15) is 0 Å². The number of benzene rings is 2. The molecule has 3 N–H and O–H groups in total. The number of ketones is 1. The number of aromatic nitrogens is 2. The molecule has 11 heteroatoms. The number of aromatic amines is 1. The molecule has 0 aliphatic rings. The van der Waals surface area contributed by atoms with Crippen molar-refractivity contribution in [1.29, 1.82) is 0 Å². The number of nitrogens with two attached hydrogens (primary N) is 1. The van der Waals surface area contributed by atoms with Crippen LogP contribution in [-0.4, -0.2) is 25.6 Å². The average Bonchev–Trinajstić information content (AvgIpc) is 3.03. The molecule has 0 saturated heterocycles. The SMILES string of the molecule is CC(=O)c1cccc(N=Nc2c(-c3ccc([N+](=O)[O-])cc3)[nH]n(C(N)=S)c2=O)c1. The normalized spacial score (nSPS) is 10.9. The molecule has 3 aromatic rings. The Labute approximate surface area is 168 Å². The number of nitro groups is 1. The van der Waals surface area contributed by atoms with Crippen LogP contribution in [0.25, 0.3) is 11.3 Å². The largest absolute Gasteiger partial charge is 0.374 e. The first-order valence-corrected chi connectivity index (χ1v) is 8.61. The lowest BCUT2D eigenvalue weighted by Gasteiger charge is -2.00. The standard InChI is InChI=1S/C18H14N6O4S/c1-10(25)12-3-2-4-13(9-12)20-21-16-15(22-23(17(16)26)18(19)29)11-5-7-14(8-6-11)24(27)28/h2-9,22H,1H3,(H2,19,29). The van der Waals surface area contributed by atoms with Crippen molar-refractivity contribution in [2.24, 2.45) is 16.0 Å². The van der Waals surface area contributed by atoms with Gasteiger partial charge in [-0.1, -0.05) is 12.1 Å². The first kappa shape index (κ1) is 19.8. The van der Waals surface area contributed by atoms with Crippen LogP contribution in [-0.2, 0) is 0 Å². The van der Waals surface area contributed by atoms with Gasteiger partial charge in [-0.2, -0.15) is 9.80 Å². The van der Waals surface area contributed by atoms with E-state index >= 15 is 0 Å². The van der Waals surface area contributed by atoms with Gasteiger partial charge in [0.05, 0.1) is 16.3 Å². The number of nitro benzene ring substituents is 1. The molecule has 0 atom stereocenters. The maximum atomic E-state index is 12.6. The van der Waals surface area contributed by atoms with E-state index in [1.165, 1.54) is 37.3 Å². The number of H-pyrrole nitrogens is 1. The molecular weight excluding hydrogens is 396 g/mol. The fourth-order valence-corrected chi connectivity index (χ4v) is 2.65. The molecule has 0 spiro atoms. The van der Waals surface area contributed by atoms with Crippen LogP contribution in [0, 0.1) is 10.1 Å². The molecule has 0 unspecified atom stereocenters. The Bertz CT molecular complexity index is 1210. The zero-order valence-electron chi connectivity index (χ0n) is 15.0. The monoisotopic (exact) mass is 410 g/mol. The molecular formula is C18H14N6O4S. The van der Waals surface area contributed by atoms with Gasteiger partial charge in [0, 0.05) is 23.3 Å². The van der Waals surface area contributed by atoms with E-state index in [-0.39, 0.29) is 28.0 Å². The van der Waals surface area contributed by atoms with Gasteiger partial charge in [-0.25, -0.2) is 0 Å². The van der Waals surface area contributed by atoms with Crippen molar-refractivity contribution in [2.45, 2.75) is 6.92 Å². The molecule has 3 rings (SSSR count). The molecule has 0 saturated carbocycles. The summed E-state index contributed by atoms with van der Waals surface area (Å²) in [6, 6.07) is 12.0. The first-order chi connectivity index (χ1) is 13.8. The number of rotatable bonds is 5. The van der Waals surface area contributed by atoms with Crippen molar-refractivity contribution in [3.8, 4) is 11.3 Å². The number of nitrogens with one attached hydrogen (secondary N) is 1. The third-order valence-corrected chi connectivity index (χ3v) is 4.15. The molecule has 0 aliphatic heterocycles. The zero-order chi connectivity index (χ0) is 21.1. The van der Waals surface area contributed by atoms with Gasteiger partial charge in [0.15, 0.2) is 16.6 Å². The van der Waals surface area contributed by atoms with Crippen molar-refractivity contribution < 1.29 is 9.72 Å². The summed E-state index contributed by atoms with van der Waals surface area (Å²) in [6.07, 6.45) is 0. The first-order valence-electron chi connectivity index (χ1n) is 8.20. The second-order valence-electron chi connectivity index (χ2n) is 5.92. The van der Waals surface area contributed by atoms with E-state index < -0.39 is 10.5 Å². The molecule has 1 heterocycles. The summed E-state index contributed by atoms with van der Waals surface area (Å²) in [5.41, 5.74) is 6.26. The average molecular weight is 410 g/mol. The van der Waals surface area contributed by atoms with E-state index in [4.69, 9.17) is 18.0 Å². The van der Waals surface area contributed by atoms with Crippen molar-refractivity contribution in [3.63, 3.8) is 0 Å². The summed E-state index contributed by atoms with van der Waals surface area (Å²) >= 11 is 4.86. The summed E-state index contributed by atoms with van der Waals surface area (Å²) in [5, 5.41) is 21.4. The third-order valence-electron chi connectivity index (χ3n) is 3.97. The Balaban J connectivity index is 2.09. The molecule has 1 aromatic heterocycles. The highest BCUT2D eigenvalue weighted by molar-refractivity contribution is 7.80. The number of Topliss-reactive ketones (excluding diaryl/α,β-unsaturated/α-hetero) is 1. The quantitative estimate of drug-likeness (QED) is 0.216. The lowest BCUT2D eigenvalue weighted by molar-refractivity contribution is -0.384. The molecule has 0 radical (unpaired) electrons. The van der Waals surface area contributed by atoms with Crippen LogP contribution in [0.3, 0.4) is 0 Å². The fourth-order valence-electron chi connectivity index (χ4n) is 2.52. The van der Waals surface area contributed by atoms with E-state index in [1.807, 2.05) is 0 Å². The van der Waals surface area contributed by atoms with Gasteiger partial charge in [-0.3, -0.25) is 24.8 Å². The number of non-ortho nitro benzene ring substituents is 1. The van der Waals surface area contributed by atoms with Gasteiger partial charge in [0.25, 0.3) is 5.69 Å². The van der Waals surface area contributed by atoms with E-state index in [9.17, 15) is 19.7 Å². The van der Waals surface area contributed by atoms with E-state index in [1.54, 1.807) is 18.2 Å². The summed E-state index contributed by atoms with van der Waals surface area (Å²) in [7, 11) is 0. The minimum absolute atomic E-state index is 0.0834. The second-order valence-corrected chi connectivity index (χ2v) is 6.34. The van der Waals surface area contributed by atoms with Crippen molar-refractivity contribution in [2.75, 3.05) is 0 Å². The topological polar surface area (TPSA) is 149 Å². The summed E-state index contributed by atoms with van der Waals surface area (Å²) in [6.45, 7) is 1.43. The zero-order valence-corrected chi connectivity index (χ0v) is 15.8. The number of azo groups is 1. The number of carbonyl (C=O) groups is 1. The van der Waals surface area contributed by atoms with E-state index in [0.29, 0.717) is 16.8 Å². The predicted molar refractivity (Wildman–Crippen MR) is 110 cm³/mol. The van der Waals surface area contributed by atoms with Gasteiger partial charge >= 0.3 is 5.56 Å². The second kappa shape index (κ2) is 7.94. The highest BCUT2D eigenvalue weighted by Crippen LogP contribution is 2.28. The predicted octanol–water partition coefficient (Wildman–Crippen LogP) is 3.46. The number of hydrogen-bond acceptors (Lipinski definition) is 7. The van der Waals surface area contributed by atoms with E-state index in [2.05, 4.69) is 15.3 Å². The number of carbonyl (C=O) groups excluding carboxylic acids is 1. The molecule has 10 nitrogen and oxygen atoms in total. The van der Waals surface area contributed by atoms with Crippen LogP contribution in [0.5, 0.6) is 0 Å². The highest BCUT2D eigenvalue weighted by Gasteiger charge is 2.18. The van der Waals surface area contributed by atoms with Crippen LogP contribution >= 0.6 is 12.2 Å². The Morgan fingerprint density at radius 3 is 2.48 bits per heavy atom. The minimum atomic E-state index is -0.627.